The van der Waals surface area contributed by atoms with Crippen LogP contribution in [0, 0.1) is 0 Å². The van der Waals surface area contributed by atoms with Crippen molar-refractivity contribution >= 4 is 11.4 Å². The first-order chi connectivity index (χ1) is 14.1. The molecule has 0 aromatic carbocycles. The molecule has 3 aromatic rings. The zero-order chi connectivity index (χ0) is 20.6. The second-order valence-electron chi connectivity index (χ2n) is 6.55. The normalized spacial score (nSPS) is 13.9. The minimum absolute atomic E-state index is 0.0897. The van der Waals surface area contributed by atoms with E-state index in [1.807, 2.05) is 4.90 Å². The summed E-state index contributed by atoms with van der Waals surface area (Å²) in [6.45, 7) is 5.32. The smallest absolute Gasteiger partial charge is 0.274 e. The topological polar surface area (TPSA) is 105 Å². The summed E-state index contributed by atoms with van der Waals surface area (Å²) >= 11 is 0. The molecule has 3 aromatic heterocycles. The Kier molecular flexibility index (Phi) is 6.72. The van der Waals surface area contributed by atoms with Gasteiger partial charge in [0, 0.05) is 19.2 Å². The van der Waals surface area contributed by atoms with Crippen molar-refractivity contribution in [2.75, 3.05) is 20.2 Å². The maximum Gasteiger partial charge on any atom is 0.274 e. The van der Waals surface area contributed by atoms with Gasteiger partial charge in [-0.1, -0.05) is 19.4 Å². The van der Waals surface area contributed by atoms with Crippen LogP contribution in [0.25, 0.3) is 16.9 Å². The second kappa shape index (κ2) is 9.63. The van der Waals surface area contributed by atoms with Gasteiger partial charge in [-0.15, -0.1) is 0 Å². The van der Waals surface area contributed by atoms with E-state index in [4.69, 9.17) is 4.74 Å². The summed E-state index contributed by atoms with van der Waals surface area (Å²) < 4.78 is 6.52. The van der Waals surface area contributed by atoms with Crippen LogP contribution in [0.1, 0.15) is 25.7 Å². The van der Waals surface area contributed by atoms with Crippen LogP contribution in [0.3, 0.4) is 0 Å². The summed E-state index contributed by atoms with van der Waals surface area (Å²) in [6.07, 6.45) is 10.9. The van der Waals surface area contributed by atoms with Crippen LogP contribution in [-0.4, -0.2) is 55.6 Å². The Morgan fingerprint density at radius 1 is 1.24 bits per heavy atom. The first-order valence-corrected chi connectivity index (χ1v) is 9.47. The van der Waals surface area contributed by atoms with E-state index in [0.717, 1.165) is 25.9 Å². The molecule has 152 valence electrons. The Balaban J connectivity index is 0.000000188. The van der Waals surface area contributed by atoms with Crippen molar-refractivity contribution in [1.82, 2.24) is 29.5 Å². The number of hydrogen-bond donors (Lipinski definition) is 1. The highest BCUT2D eigenvalue weighted by atomic mass is 16.5. The Hall–Kier alpha value is -3.49. The molecule has 0 atom stereocenters. The zero-order valence-electron chi connectivity index (χ0n) is 16.4. The number of likely N-dealkylation sites (tertiary alicyclic amines) is 1. The van der Waals surface area contributed by atoms with Crippen molar-refractivity contribution in [3.63, 3.8) is 0 Å². The third kappa shape index (κ3) is 5.07. The summed E-state index contributed by atoms with van der Waals surface area (Å²) in [5.41, 5.74) is 1.38. The molecule has 4 rings (SSSR count). The maximum absolute atomic E-state index is 11.8. The van der Waals surface area contributed by atoms with Crippen LogP contribution in [0.5, 0.6) is 5.88 Å². The molecule has 4 heterocycles. The average Bonchev–Trinajstić information content (AvgIpc) is 3.07. The van der Waals surface area contributed by atoms with E-state index in [1.165, 1.54) is 36.9 Å². The van der Waals surface area contributed by atoms with Gasteiger partial charge in [-0.3, -0.25) is 9.59 Å². The van der Waals surface area contributed by atoms with Gasteiger partial charge in [-0.05, 0) is 25.0 Å². The van der Waals surface area contributed by atoms with Crippen molar-refractivity contribution in [1.29, 1.82) is 0 Å². The number of H-pyrrole nitrogens is 1. The highest BCUT2D eigenvalue weighted by Gasteiger charge is 2.11. The molecule has 29 heavy (non-hydrogen) atoms. The molecule has 1 aliphatic heterocycles. The number of rotatable bonds is 3. The Morgan fingerprint density at radius 3 is 2.69 bits per heavy atom. The van der Waals surface area contributed by atoms with Gasteiger partial charge in [-0.25, -0.2) is 14.5 Å². The molecule has 9 nitrogen and oxygen atoms in total. The lowest BCUT2D eigenvalue weighted by molar-refractivity contribution is -0.125. The van der Waals surface area contributed by atoms with Gasteiger partial charge in [0.1, 0.15) is 11.8 Å². The summed E-state index contributed by atoms with van der Waals surface area (Å²) in [7, 11) is 1.52. The van der Waals surface area contributed by atoms with Gasteiger partial charge in [0.25, 0.3) is 5.56 Å². The number of methoxy groups -OCH3 is 1. The Labute approximate surface area is 168 Å². The van der Waals surface area contributed by atoms with E-state index >= 15 is 0 Å². The van der Waals surface area contributed by atoms with Crippen LogP contribution in [0.4, 0.5) is 0 Å². The molecule has 0 unspecified atom stereocenters. The summed E-state index contributed by atoms with van der Waals surface area (Å²) in [4.78, 5) is 35.6. The number of amides is 1. The van der Waals surface area contributed by atoms with E-state index in [2.05, 4.69) is 26.6 Å². The molecule has 0 bridgehead atoms. The lowest BCUT2D eigenvalue weighted by atomic mass is 10.2. The van der Waals surface area contributed by atoms with E-state index in [-0.39, 0.29) is 11.5 Å². The number of hydrogen-bond acceptors (Lipinski definition) is 6. The van der Waals surface area contributed by atoms with Crippen molar-refractivity contribution < 1.29 is 9.53 Å². The van der Waals surface area contributed by atoms with Crippen LogP contribution in [0.2, 0.25) is 0 Å². The van der Waals surface area contributed by atoms with E-state index in [9.17, 15) is 9.59 Å². The summed E-state index contributed by atoms with van der Waals surface area (Å²) in [6, 6.07) is 3.28. The van der Waals surface area contributed by atoms with Gasteiger partial charge < -0.3 is 14.6 Å². The van der Waals surface area contributed by atoms with Gasteiger partial charge in [0.15, 0.2) is 0 Å². The highest BCUT2D eigenvalue weighted by Crippen LogP contribution is 2.16. The Morgan fingerprint density at radius 2 is 2.00 bits per heavy atom. The number of carbonyl (C=O) groups is 1. The fourth-order valence-electron chi connectivity index (χ4n) is 3.09. The number of fused-ring (bicyclic) bond motifs is 1. The standard InChI is InChI=1S/C11H9N5O2.C9H15NO/c1-18-10-4-7(12-6-13-10)8-5-16-9(2-3-14-16)11(17)15-8;1-2-9(11)10-7-5-3-4-6-8-10/h2-6H,1H3,(H,15,17);2H,1,3-8H2. The number of carbonyl (C=O) groups excluding carboxylic acids is 1. The third-order valence-electron chi connectivity index (χ3n) is 4.62. The molecule has 0 radical (unpaired) electrons. The van der Waals surface area contributed by atoms with E-state index in [0.29, 0.717) is 22.8 Å². The van der Waals surface area contributed by atoms with Gasteiger partial charge in [0.05, 0.1) is 30.9 Å². The van der Waals surface area contributed by atoms with Crippen LogP contribution in [-0.2, 0) is 4.79 Å². The number of aromatic nitrogens is 5. The van der Waals surface area contributed by atoms with Gasteiger partial charge in [-0.2, -0.15) is 5.10 Å². The maximum atomic E-state index is 11.8. The lowest BCUT2D eigenvalue weighted by Gasteiger charge is -2.17. The molecule has 1 aliphatic rings. The predicted molar refractivity (Wildman–Crippen MR) is 109 cm³/mol. The first kappa shape index (κ1) is 20.2. The summed E-state index contributed by atoms with van der Waals surface area (Å²) in [5.74, 6) is 0.522. The lowest BCUT2D eigenvalue weighted by Crippen LogP contribution is -2.29. The van der Waals surface area contributed by atoms with Crippen molar-refractivity contribution in [2.45, 2.75) is 25.7 Å². The van der Waals surface area contributed by atoms with Crippen molar-refractivity contribution in [3.05, 3.63) is 53.9 Å². The molecular weight excluding hydrogens is 372 g/mol. The number of aromatic amines is 1. The van der Waals surface area contributed by atoms with E-state index < -0.39 is 0 Å². The zero-order valence-corrected chi connectivity index (χ0v) is 16.4. The average molecular weight is 396 g/mol. The fraction of sp³-hybridized carbons (Fsp3) is 0.350. The molecule has 1 amide bonds. The van der Waals surface area contributed by atoms with Crippen molar-refractivity contribution in [3.8, 4) is 17.3 Å². The third-order valence-corrected chi connectivity index (χ3v) is 4.62. The number of nitrogens with zero attached hydrogens (tertiary/aromatic N) is 5. The van der Waals surface area contributed by atoms with Crippen LogP contribution in [0.15, 0.2) is 48.3 Å². The van der Waals surface area contributed by atoms with Crippen LogP contribution < -0.4 is 10.3 Å². The predicted octanol–water partition coefficient (Wildman–Crippen LogP) is 2.06. The SMILES string of the molecule is C=CC(=O)N1CCCCCC1.COc1cc(-c2cn3nccc3c(=O)[nH]2)ncn1. The molecule has 0 aliphatic carbocycles. The molecular formula is C20H24N6O3. The minimum atomic E-state index is -0.220. The van der Waals surface area contributed by atoms with E-state index in [1.54, 1.807) is 24.5 Å². The minimum Gasteiger partial charge on any atom is -0.481 e. The fourth-order valence-corrected chi connectivity index (χ4v) is 3.09. The van der Waals surface area contributed by atoms with Gasteiger partial charge >= 0.3 is 0 Å². The second-order valence-corrected chi connectivity index (χ2v) is 6.55. The van der Waals surface area contributed by atoms with Crippen LogP contribution >= 0.6 is 0 Å². The molecule has 1 saturated heterocycles. The monoisotopic (exact) mass is 396 g/mol. The Bertz CT molecular complexity index is 1030. The highest BCUT2D eigenvalue weighted by molar-refractivity contribution is 5.86. The van der Waals surface area contributed by atoms with Crippen molar-refractivity contribution in [2.24, 2.45) is 0 Å². The molecule has 1 fully saturated rings. The molecule has 9 heteroatoms. The molecule has 1 N–H and O–H groups in total. The largest absolute Gasteiger partial charge is 0.481 e. The molecule has 0 spiro atoms. The first-order valence-electron chi connectivity index (χ1n) is 9.47. The quantitative estimate of drug-likeness (QED) is 0.680. The summed E-state index contributed by atoms with van der Waals surface area (Å²) in [5, 5.41) is 4.03. The van der Waals surface area contributed by atoms with Gasteiger partial charge in [0.2, 0.25) is 11.8 Å². The number of nitrogens with one attached hydrogen (secondary N) is 1. The number of ether oxygens (including phenoxy) is 1. The molecule has 0 saturated carbocycles.